The third-order valence-corrected chi connectivity index (χ3v) is 14.6. The molecule has 9 atom stereocenters. The maximum Gasteiger partial charge on any atom is 0.251 e. The lowest BCUT2D eigenvalue weighted by Crippen LogP contribution is -2.61. The summed E-state index contributed by atoms with van der Waals surface area (Å²) in [7, 11) is 0. The van der Waals surface area contributed by atoms with E-state index in [0.717, 1.165) is 52.2 Å². The van der Waals surface area contributed by atoms with Gasteiger partial charge in [0.2, 0.25) is 35.4 Å². The lowest BCUT2D eigenvalue weighted by Gasteiger charge is -2.32. The van der Waals surface area contributed by atoms with Gasteiger partial charge < -0.3 is 67.3 Å². The molecule has 3 heterocycles. The van der Waals surface area contributed by atoms with Gasteiger partial charge in [0.05, 0.1) is 24.9 Å². The normalized spacial score (nSPS) is 24.2. The number of carbonyl (C=O) groups is 7. The molecule has 20 heteroatoms. The molecule has 418 valence electrons. The van der Waals surface area contributed by atoms with Gasteiger partial charge in [0.25, 0.3) is 5.91 Å². The molecule has 20 nitrogen and oxygen atoms in total. The van der Waals surface area contributed by atoms with Gasteiger partial charge in [-0.1, -0.05) is 80.4 Å². The summed E-state index contributed by atoms with van der Waals surface area (Å²) in [6.07, 6.45) is -0.465. The van der Waals surface area contributed by atoms with Crippen LogP contribution in [0.4, 0.5) is 0 Å². The van der Waals surface area contributed by atoms with Gasteiger partial charge in [-0.05, 0) is 129 Å². The van der Waals surface area contributed by atoms with Crippen LogP contribution in [-0.2, 0) is 35.2 Å². The van der Waals surface area contributed by atoms with Crippen molar-refractivity contribution < 1.29 is 58.7 Å². The van der Waals surface area contributed by atoms with Crippen LogP contribution < -0.4 is 37.1 Å². The number of aliphatic hydroxyl groups is 3. The van der Waals surface area contributed by atoms with E-state index in [2.05, 4.69) is 33.5 Å². The number of aryl methyl sites for hydroxylation is 1. The molecule has 0 saturated carbocycles. The maximum absolute atomic E-state index is 14.4. The Morgan fingerprint density at radius 1 is 0.731 bits per heavy atom. The zero-order chi connectivity index (χ0) is 55.9. The second-order valence-electron chi connectivity index (χ2n) is 20.4. The van der Waals surface area contributed by atoms with Gasteiger partial charge in [-0.3, -0.25) is 33.6 Å². The van der Waals surface area contributed by atoms with Gasteiger partial charge in [-0.25, -0.2) is 0 Å². The predicted molar refractivity (Wildman–Crippen MR) is 290 cm³/mol. The van der Waals surface area contributed by atoms with E-state index in [1.165, 1.54) is 24.0 Å². The molecule has 0 spiro atoms. The molecule has 0 aromatic heterocycles. The zero-order valence-corrected chi connectivity index (χ0v) is 44.3. The number of ether oxygens (including phenoxy) is 1. The molecule has 3 aliphatic rings. The van der Waals surface area contributed by atoms with Crippen LogP contribution in [0.2, 0.25) is 0 Å². The molecule has 3 fully saturated rings. The molecule has 7 amide bonds. The summed E-state index contributed by atoms with van der Waals surface area (Å²) in [5, 5.41) is 56.4. The van der Waals surface area contributed by atoms with Crippen molar-refractivity contribution in [3.63, 3.8) is 0 Å². The number of phenols is 1. The lowest BCUT2D eigenvalue weighted by molar-refractivity contribution is -0.145. The van der Waals surface area contributed by atoms with Crippen molar-refractivity contribution in [2.75, 3.05) is 32.8 Å². The minimum absolute atomic E-state index is 0.0151. The molecular formula is C58H74N8O12. The smallest absolute Gasteiger partial charge is 0.251 e. The molecule has 0 radical (unpaired) electrons. The average Bonchev–Trinajstić information content (AvgIpc) is 4.06. The molecular weight excluding hydrogens is 1000 g/mol. The van der Waals surface area contributed by atoms with Gasteiger partial charge in [0, 0.05) is 31.6 Å². The predicted octanol–water partition coefficient (Wildman–Crippen LogP) is 2.43. The van der Waals surface area contributed by atoms with E-state index in [0.29, 0.717) is 12.2 Å². The van der Waals surface area contributed by atoms with E-state index >= 15 is 0 Å². The number of nitrogens with zero attached hydrogens (tertiary/aromatic N) is 2. The fourth-order valence-corrected chi connectivity index (χ4v) is 10.1. The van der Waals surface area contributed by atoms with Gasteiger partial charge in [0.1, 0.15) is 47.8 Å². The first-order valence-electron chi connectivity index (χ1n) is 27.1. The molecule has 3 saturated heterocycles. The number of hydrogen-bond donors (Lipinski definition) is 10. The summed E-state index contributed by atoms with van der Waals surface area (Å²) in [4.78, 5) is 102. The minimum Gasteiger partial charge on any atom is -0.508 e. The number of fused-ring (bicyclic) bond motifs is 2. The summed E-state index contributed by atoms with van der Waals surface area (Å²) in [6, 6.07) is 20.6. The van der Waals surface area contributed by atoms with Crippen LogP contribution in [0.15, 0.2) is 97.1 Å². The van der Waals surface area contributed by atoms with Gasteiger partial charge >= 0.3 is 0 Å². The molecule has 4 aromatic carbocycles. The molecule has 3 aliphatic heterocycles. The van der Waals surface area contributed by atoms with Crippen molar-refractivity contribution in [3.05, 3.63) is 108 Å². The Morgan fingerprint density at radius 2 is 1.36 bits per heavy atom. The van der Waals surface area contributed by atoms with Crippen molar-refractivity contribution in [1.29, 1.82) is 0 Å². The number of nitrogens with two attached hydrogens (primary N) is 1. The van der Waals surface area contributed by atoms with Crippen LogP contribution in [0.25, 0.3) is 22.3 Å². The molecule has 7 rings (SSSR count). The topological polar surface area (TPSA) is 302 Å². The number of aliphatic hydroxyl groups excluding tert-OH is 3. The fraction of sp³-hybridized carbons (Fsp3) is 0.466. The van der Waals surface area contributed by atoms with Crippen molar-refractivity contribution in [3.8, 4) is 33.8 Å². The van der Waals surface area contributed by atoms with Crippen LogP contribution >= 0.6 is 0 Å². The standard InChI is InChI=1S/C58H74N8O12/c1-3-4-5-32-78-44-25-21-40(22-26-44)38-15-13-37(14-16-38)39-17-19-41(20-18-39)52(71)61-45-9-7-30-60-56(75)51-49(70)28-31-65(51)57(76)47(8-6-29-59)63-53(72)46(27-12-36-10-23-42(68)24-11-36)62-55(74)48-33-43(69)34-66(48)58(77)50(35(2)67)64-54(45)73/h10-11,13-26,35,43,45-51,67-70H,3-9,12,27-34,59H2,1-2H3,(H,60,75)(H,61,71)(H,62,74)(H,63,72)(H,64,73)/t35-,43-,45-,46-,47+,48+,49+,50+,51-/m1/s1. The lowest BCUT2D eigenvalue weighted by atomic mass is 9.99. The van der Waals surface area contributed by atoms with Crippen LogP contribution in [0, 0.1) is 0 Å². The molecule has 0 unspecified atom stereocenters. The molecule has 11 N–H and O–H groups in total. The number of unbranched alkanes of at least 4 members (excludes halogenated alkanes) is 2. The zero-order valence-electron chi connectivity index (χ0n) is 44.3. The van der Waals surface area contributed by atoms with E-state index in [1.807, 2.05) is 48.5 Å². The fourth-order valence-electron chi connectivity index (χ4n) is 10.1. The molecule has 78 heavy (non-hydrogen) atoms. The van der Waals surface area contributed by atoms with Gasteiger partial charge in [-0.2, -0.15) is 0 Å². The van der Waals surface area contributed by atoms with E-state index in [-0.39, 0.29) is 88.9 Å². The van der Waals surface area contributed by atoms with Crippen LogP contribution in [0.5, 0.6) is 11.5 Å². The first-order chi connectivity index (χ1) is 37.5. The van der Waals surface area contributed by atoms with Gasteiger partial charge in [0.15, 0.2) is 0 Å². The average molecular weight is 1080 g/mol. The number of amides is 7. The first kappa shape index (κ1) is 58.3. The van der Waals surface area contributed by atoms with E-state index in [1.54, 1.807) is 36.4 Å². The van der Waals surface area contributed by atoms with Crippen molar-refractivity contribution >= 4 is 41.4 Å². The quantitative estimate of drug-likeness (QED) is 0.0723. The van der Waals surface area contributed by atoms with Crippen molar-refractivity contribution in [2.24, 2.45) is 5.73 Å². The molecule has 0 aliphatic carbocycles. The maximum atomic E-state index is 14.4. The summed E-state index contributed by atoms with van der Waals surface area (Å²) in [6.45, 7) is 3.79. The first-order valence-corrected chi connectivity index (χ1v) is 27.1. The largest absolute Gasteiger partial charge is 0.508 e. The highest BCUT2D eigenvalue weighted by Crippen LogP contribution is 2.28. The van der Waals surface area contributed by atoms with E-state index in [9.17, 15) is 54.0 Å². The SMILES string of the molecule is CCCCCOc1ccc(-c2ccc(-c3ccc(C(=O)N[C@@H]4CCCNC(=O)[C@H]5[C@@H](O)CCN5C(=O)[C@H](CCCN)NC(=O)[C@@H](CCc5ccc(O)cc5)NC(=O)[C@@H]5C[C@@H](O)CN5C(=O)[C@H]([C@@H](C)O)NC4=O)cc3)cc2)cc1. The molecule has 4 aromatic rings. The number of carbonyl (C=O) groups excluding carboxylic acids is 7. The third-order valence-electron chi connectivity index (χ3n) is 14.6. The second-order valence-corrected chi connectivity index (χ2v) is 20.4. The monoisotopic (exact) mass is 1070 g/mol. The number of benzene rings is 4. The summed E-state index contributed by atoms with van der Waals surface area (Å²) >= 11 is 0. The van der Waals surface area contributed by atoms with Gasteiger partial charge in [-0.15, -0.1) is 0 Å². The highest BCUT2D eigenvalue weighted by Gasteiger charge is 2.46. The Balaban J connectivity index is 1.12. The Hall–Kier alpha value is -7.39. The summed E-state index contributed by atoms with van der Waals surface area (Å²) < 4.78 is 5.86. The number of phenolic OH excluding ortho intramolecular Hbond substituents is 1. The molecule has 0 bridgehead atoms. The number of aromatic hydroxyl groups is 1. The minimum atomic E-state index is -1.68. The summed E-state index contributed by atoms with van der Waals surface area (Å²) in [5.74, 6) is -4.56. The van der Waals surface area contributed by atoms with E-state index in [4.69, 9.17) is 10.5 Å². The number of rotatable bonds is 16. The second kappa shape index (κ2) is 27.8. The van der Waals surface area contributed by atoms with Crippen LogP contribution in [-0.4, -0.2) is 159 Å². The van der Waals surface area contributed by atoms with E-state index < -0.39 is 95.9 Å². The number of nitrogens with one attached hydrogen (secondary N) is 5. The number of hydrogen-bond acceptors (Lipinski definition) is 13. The van der Waals surface area contributed by atoms with Crippen LogP contribution in [0.1, 0.15) is 94.0 Å². The highest BCUT2D eigenvalue weighted by molar-refractivity contribution is 6.00. The van der Waals surface area contributed by atoms with Crippen LogP contribution in [0.3, 0.4) is 0 Å². The summed E-state index contributed by atoms with van der Waals surface area (Å²) in [5.41, 5.74) is 10.5. The highest BCUT2D eigenvalue weighted by atomic mass is 16.5. The Kier molecular flexibility index (Phi) is 20.8. The Bertz CT molecular complexity index is 2690. The Labute approximate surface area is 454 Å². The van der Waals surface area contributed by atoms with Crippen molar-refractivity contribution in [2.45, 2.75) is 139 Å². The third kappa shape index (κ3) is 15.2. The van der Waals surface area contributed by atoms with Crippen molar-refractivity contribution in [1.82, 2.24) is 36.4 Å². The Morgan fingerprint density at radius 3 is 1.99 bits per heavy atom.